The maximum atomic E-state index is 10.2. The lowest BCUT2D eigenvalue weighted by Gasteiger charge is -2.14. The zero-order chi connectivity index (χ0) is 21.8. The van der Waals surface area contributed by atoms with Gasteiger partial charge in [-0.15, -0.1) is 0 Å². The normalized spacial score (nSPS) is 11.1. The first-order valence-corrected chi connectivity index (χ1v) is 10.2. The largest absolute Gasteiger partial charge is 0.506 e. The summed E-state index contributed by atoms with van der Waals surface area (Å²) in [6.07, 6.45) is 1.47. The van der Waals surface area contributed by atoms with Crippen LogP contribution in [0.1, 0.15) is 5.56 Å². The van der Waals surface area contributed by atoms with E-state index in [0.717, 1.165) is 22.5 Å². The molecule has 1 aromatic heterocycles. The van der Waals surface area contributed by atoms with Gasteiger partial charge in [0, 0.05) is 28.8 Å². The van der Waals surface area contributed by atoms with Crippen LogP contribution in [0.3, 0.4) is 0 Å². The van der Waals surface area contributed by atoms with Crippen molar-refractivity contribution in [2.24, 2.45) is 5.10 Å². The van der Waals surface area contributed by atoms with Crippen molar-refractivity contribution < 1.29 is 5.11 Å². The SMILES string of the molecule is CN(/N=C/c1cc(Cl)cc(Cl)c1O)c1nc(-c2ccccc2)cc(-c2ccccc2)n1. The molecule has 0 aliphatic carbocycles. The van der Waals surface area contributed by atoms with Gasteiger partial charge in [-0.2, -0.15) is 5.10 Å². The minimum atomic E-state index is -0.0906. The van der Waals surface area contributed by atoms with Gasteiger partial charge in [0.2, 0.25) is 5.95 Å². The molecular weight excluding hydrogens is 431 g/mol. The van der Waals surface area contributed by atoms with Crippen LogP contribution in [0.25, 0.3) is 22.5 Å². The van der Waals surface area contributed by atoms with Gasteiger partial charge in [0.15, 0.2) is 0 Å². The first kappa shape index (κ1) is 20.8. The molecule has 0 amide bonds. The summed E-state index contributed by atoms with van der Waals surface area (Å²) < 4.78 is 0. The lowest BCUT2D eigenvalue weighted by molar-refractivity contribution is 0.474. The number of aromatic hydroxyl groups is 1. The summed E-state index contributed by atoms with van der Waals surface area (Å²) in [6.45, 7) is 0. The summed E-state index contributed by atoms with van der Waals surface area (Å²) in [5.74, 6) is 0.316. The second kappa shape index (κ2) is 9.16. The van der Waals surface area contributed by atoms with E-state index in [-0.39, 0.29) is 10.8 Å². The van der Waals surface area contributed by atoms with Crippen molar-refractivity contribution in [1.29, 1.82) is 0 Å². The number of anilines is 1. The molecule has 0 unspecified atom stereocenters. The van der Waals surface area contributed by atoms with E-state index in [2.05, 4.69) is 15.1 Å². The number of phenolic OH excluding ortho intramolecular Hbond substituents is 1. The maximum Gasteiger partial charge on any atom is 0.247 e. The Kier molecular flexibility index (Phi) is 6.16. The molecule has 3 aromatic carbocycles. The first-order chi connectivity index (χ1) is 15.0. The monoisotopic (exact) mass is 448 g/mol. The summed E-state index contributed by atoms with van der Waals surface area (Å²) >= 11 is 12.0. The Labute approximate surface area is 190 Å². The van der Waals surface area contributed by atoms with Crippen molar-refractivity contribution in [3.63, 3.8) is 0 Å². The Morgan fingerprint density at radius 3 is 1.94 bits per heavy atom. The Bertz CT molecular complexity index is 1170. The molecule has 31 heavy (non-hydrogen) atoms. The Hall–Kier alpha value is -3.41. The number of halogens is 2. The number of phenols is 1. The third-order valence-corrected chi connectivity index (χ3v) is 5.08. The van der Waals surface area contributed by atoms with Crippen LogP contribution in [0.15, 0.2) is 84.0 Å². The average Bonchev–Trinajstić information content (AvgIpc) is 2.81. The van der Waals surface area contributed by atoms with E-state index in [4.69, 9.17) is 23.2 Å². The van der Waals surface area contributed by atoms with Crippen molar-refractivity contribution in [1.82, 2.24) is 9.97 Å². The van der Waals surface area contributed by atoms with E-state index in [9.17, 15) is 5.11 Å². The molecule has 1 heterocycles. The molecule has 7 heteroatoms. The Morgan fingerprint density at radius 1 is 0.839 bits per heavy atom. The van der Waals surface area contributed by atoms with Gasteiger partial charge in [-0.1, -0.05) is 83.9 Å². The second-order valence-corrected chi connectivity index (χ2v) is 7.61. The van der Waals surface area contributed by atoms with E-state index >= 15 is 0 Å². The molecule has 0 spiro atoms. The van der Waals surface area contributed by atoms with Crippen molar-refractivity contribution in [2.45, 2.75) is 0 Å². The van der Waals surface area contributed by atoms with Gasteiger partial charge in [0.25, 0.3) is 0 Å². The highest BCUT2D eigenvalue weighted by atomic mass is 35.5. The minimum absolute atomic E-state index is 0.0906. The molecule has 0 aliphatic heterocycles. The van der Waals surface area contributed by atoms with Gasteiger partial charge >= 0.3 is 0 Å². The molecule has 0 saturated heterocycles. The molecular formula is C24H18Cl2N4O. The van der Waals surface area contributed by atoms with Gasteiger partial charge in [0.1, 0.15) is 5.75 Å². The first-order valence-electron chi connectivity index (χ1n) is 9.47. The molecule has 1 N–H and O–H groups in total. The summed E-state index contributed by atoms with van der Waals surface area (Å²) in [4.78, 5) is 9.37. The fourth-order valence-electron chi connectivity index (χ4n) is 2.98. The molecule has 0 atom stereocenters. The van der Waals surface area contributed by atoms with E-state index in [1.807, 2.05) is 66.7 Å². The van der Waals surface area contributed by atoms with Crippen LogP contribution in [0, 0.1) is 0 Å². The van der Waals surface area contributed by atoms with Crippen LogP contribution in [0.2, 0.25) is 10.0 Å². The molecule has 0 bridgehead atoms. The molecule has 5 nitrogen and oxygen atoms in total. The number of hydrazone groups is 1. The van der Waals surface area contributed by atoms with E-state index < -0.39 is 0 Å². The highest BCUT2D eigenvalue weighted by Gasteiger charge is 2.12. The van der Waals surface area contributed by atoms with Crippen LogP contribution >= 0.6 is 23.2 Å². The third-order valence-electron chi connectivity index (χ3n) is 4.57. The second-order valence-electron chi connectivity index (χ2n) is 6.76. The highest BCUT2D eigenvalue weighted by Crippen LogP contribution is 2.30. The van der Waals surface area contributed by atoms with Crippen LogP contribution in [-0.2, 0) is 0 Å². The Balaban J connectivity index is 1.75. The van der Waals surface area contributed by atoms with E-state index in [0.29, 0.717) is 16.5 Å². The van der Waals surface area contributed by atoms with Crippen LogP contribution in [0.4, 0.5) is 5.95 Å². The van der Waals surface area contributed by atoms with E-state index in [1.54, 1.807) is 13.1 Å². The predicted molar refractivity (Wildman–Crippen MR) is 127 cm³/mol. The molecule has 154 valence electrons. The lowest BCUT2D eigenvalue weighted by atomic mass is 10.1. The van der Waals surface area contributed by atoms with Crippen molar-refractivity contribution >= 4 is 35.4 Å². The van der Waals surface area contributed by atoms with Crippen molar-refractivity contribution in [2.75, 3.05) is 12.1 Å². The van der Waals surface area contributed by atoms with Gasteiger partial charge in [-0.05, 0) is 18.2 Å². The molecule has 0 fully saturated rings. The summed E-state index contributed by atoms with van der Waals surface area (Å²) in [5, 5.41) is 16.6. The van der Waals surface area contributed by atoms with Crippen LogP contribution in [-0.4, -0.2) is 28.3 Å². The Morgan fingerprint density at radius 2 is 1.39 bits per heavy atom. The highest BCUT2D eigenvalue weighted by molar-refractivity contribution is 6.36. The van der Waals surface area contributed by atoms with Crippen LogP contribution in [0.5, 0.6) is 5.75 Å². The topological polar surface area (TPSA) is 61.6 Å². The summed E-state index contributed by atoms with van der Waals surface area (Å²) in [5.41, 5.74) is 3.90. The third kappa shape index (κ3) is 4.85. The van der Waals surface area contributed by atoms with E-state index in [1.165, 1.54) is 17.3 Å². The zero-order valence-electron chi connectivity index (χ0n) is 16.6. The van der Waals surface area contributed by atoms with Gasteiger partial charge < -0.3 is 5.11 Å². The quantitative estimate of drug-likeness (QED) is 0.287. The number of aromatic nitrogens is 2. The summed E-state index contributed by atoms with van der Waals surface area (Å²) in [7, 11) is 1.73. The fraction of sp³-hybridized carbons (Fsp3) is 0.0417. The minimum Gasteiger partial charge on any atom is -0.506 e. The molecule has 0 aliphatic rings. The van der Waals surface area contributed by atoms with Crippen LogP contribution < -0.4 is 5.01 Å². The molecule has 4 rings (SSSR count). The lowest BCUT2D eigenvalue weighted by Crippen LogP contribution is -2.13. The number of nitrogens with zero attached hydrogens (tertiary/aromatic N) is 4. The zero-order valence-corrected chi connectivity index (χ0v) is 18.1. The standard InChI is InChI=1S/C24H18Cl2N4O/c1-30(27-15-18-12-19(25)13-20(26)23(18)31)24-28-21(16-8-4-2-5-9-16)14-22(29-24)17-10-6-3-7-11-17/h2-15,31H,1H3/b27-15+. The van der Waals surface area contributed by atoms with Crippen molar-refractivity contribution in [3.05, 3.63) is 94.5 Å². The van der Waals surface area contributed by atoms with Crippen molar-refractivity contribution in [3.8, 4) is 28.3 Å². The van der Waals surface area contributed by atoms with Gasteiger partial charge in [-0.25, -0.2) is 15.0 Å². The maximum absolute atomic E-state index is 10.2. The number of benzene rings is 3. The fourth-order valence-corrected chi connectivity index (χ4v) is 3.49. The molecule has 4 aromatic rings. The van der Waals surface area contributed by atoms with Gasteiger partial charge in [-0.3, -0.25) is 0 Å². The number of hydrogen-bond donors (Lipinski definition) is 1. The summed E-state index contributed by atoms with van der Waals surface area (Å²) in [6, 6.07) is 24.8. The molecule has 0 radical (unpaired) electrons. The molecule has 0 saturated carbocycles. The predicted octanol–water partition coefficient (Wildman–Crippen LogP) is 6.29. The van der Waals surface area contributed by atoms with Gasteiger partial charge in [0.05, 0.1) is 22.6 Å². The average molecular weight is 449 g/mol. The number of hydrogen-bond acceptors (Lipinski definition) is 5. The number of rotatable bonds is 5. The smallest absolute Gasteiger partial charge is 0.247 e.